The molecule has 2 rings (SSSR count). The third-order valence-electron chi connectivity index (χ3n) is 3.32. The van der Waals surface area contributed by atoms with Crippen LogP contribution in [-0.4, -0.2) is 14.2 Å². The van der Waals surface area contributed by atoms with Gasteiger partial charge in [-0.25, -0.2) is 0 Å². The van der Waals surface area contributed by atoms with Crippen molar-refractivity contribution in [1.29, 1.82) is 0 Å². The predicted octanol–water partition coefficient (Wildman–Crippen LogP) is 2.27. The smallest absolute Gasteiger partial charge is 0.153 e. The van der Waals surface area contributed by atoms with E-state index in [0.717, 1.165) is 14.2 Å². The van der Waals surface area contributed by atoms with Crippen LogP contribution in [0.25, 0.3) is 0 Å². The molecule has 0 spiro atoms. The maximum atomic E-state index is 8.25. The summed E-state index contributed by atoms with van der Waals surface area (Å²) in [6.07, 6.45) is 7.16. The van der Waals surface area contributed by atoms with Gasteiger partial charge in [-0.2, -0.15) is 14.2 Å². The fraction of sp³-hybridized carbons (Fsp3) is 0.500. The normalized spacial score (nSPS) is 17.1. The van der Waals surface area contributed by atoms with Crippen molar-refractivity contribution in [2.45, 2.75) is 40.5 Å². The summed E-state index contributed by atoms with van der Waals surface area (Å²) >= 11 is -0.0671. The van der Waals surface area contributed by atoms with Crippen molar-refractivity contribution in [2.75, 3.05) is 14.2 Å². The average molecular weight is 296 g/mol. The number of rotatable bonds is 2. The van der Waals surface area contributed by atoms with Crippen LogP contribution in [0.3, 0.4) is 0 Å². The Morgan fingerprint density at radius 2 is 1.05 bits per heavy atom. The molecule has 0 aromatic heterocycles. The Morgan fingerprint density at radius 1 is 0.737 bits per heavy atom. The predicted molar refractivity (Wildman–Crippen MR) is 74.0 cm³/mol. The Kier molecular flexibility index (Phi) is 9.29. The van der Waals surface area contributed by atoms with Gasteiger partial charge in [0.05, 0.1) is 0 Å². The summed E-state index contributed by atoms with van der Waals surface area (Å²) < 4.78 is 3.41. The van der Waals surface area contributed by atoms with Crippen LogP contribution < -0.4 is 10.2 Å². The molecule has 3 heteroatoms. The average Bonchev–Trinajstić information content (AvgIpc) is 2.93. The van der Waals surface area contributed by atoms with Gasteiger partial charge in [-0.05, 0) is 0 Å². The standard InChI is InChI=1S/2C7H9.2CH3O.Ti/c2*1-6-3-4-7(2)5-6;2*1-2;/h2*3H,4H2,1-2H3;2*1H3;/q;;2*-1;+2. The minimum Gasteiger partial charge on any atom is -0.857 e. The molecular weight excluding hydrogens is 272 g/mol. The molecule has 2 nitrogen and oxygen atoms in total. The second-order valence-corrected chi connectivity index (χ2v) is 6.57. The summed E-state index contributed by atoms with van der Waals surface area (Å²) in [5, 5.41) is 16.5. The molecule has 104 valence electrons. The van der Waals surface area contributed by atoms with Crippen LogP contribution in [0.15, 0.2) is 42.2 Å². The van der Waals surface area contributed by atoms with Crippen molar-refractivity contribution >= 4 is 0 Å². The van der Waals surface area contributed by atoms with E-state index in [9.17, 15) is 0 Å². The number of hydrogen-bond donors (Lipinski definition) is 0. The van der Waals surface area contributed by atoms with E-state index in [-0.39, 0.29) is 19.2 Å². The second-order valence-electron chi connectivity index (χ2n) is 4.62. The summed E-state index contributed by atoms with van der Waals surface area (Å²) in [7, 11) is 1.50. The van der Waals surface area contributed by atoms with E-state index in [1.165, 1.54) is 12.8 Å². The second kappa shape index (κ2) is 9.49. The summed E-state index contributed by atoms with van der Waals surface area (Å²) in [5.74, 6) is 0. The molecule has 0 radical (unpaired) electrons. The molecule has 0 heterocycles. The number of hydrogen-bond acceptors (Lipinski definition) is 2. The maximum absolute atomic E-state index is 8.25. The van der Waals surface area contributed by atoms with E-state index in [1.54, 1.807) is 30.0 Å². The Morgan fingerprint density at radius 3 is 1.26 bits per heavy atom. The summed E-state index contributed by atoms with van der Waals surface area (Å²) in [5.41, 5.74) is 6.33. The monoisotopic (exact) mass is 296 g/mol. The Labute approximate surface area is 126 Å². The summed E-state index contributed by atoms with van der Waals surface area (Å²) in [6.45, 7) is 9.16. The van der Waals surface area contributed by atoms with Gasteiger partial charge in [-0.1, -0.05) is 0 Å². The molecule has 0 saturated heterocycles. The quantitative estimate of drug-likeness (QED) is 0.734. The van der Waals surface area contributed by atoms with E-state index >= 15 is 0 Å². The largest absolute Gasteiger partial charge is 0.857 e. The Bertz CT molecular complexity index is 386. The van der Waals surface area contributed by atoms with Gasteiger partial charge in [-0.3, -0.25) is 0 Å². The van der Waals surface area contributed by atoms with Gasteiger partial charge in [0.1, 0.15) is 0 Å². The molecule has 0 saturated carbocycles. The molecule has 0 N–H and O–H groups in total. The number of allylic oxidation sites excluding steroid dienone is 8. The van der Waals surface area contributed by atoms with Gasteiger partial charge in [0.25, 0.3) is 0 Å². The Hall–Kier alpha value is -0.406. The van der Waals surface area contributed by atoms with Crippen LogP contribution in [0.1, 0.15) is 40.5 Å². The SMILES string of the molecule is CC1=CCC(C)=[C]1[Ti+2][C]1=C(C)CC=C1C.C[O-].C[O-]. The van der Waals surface area contributed by atoms with Crippen LogP contribution in [-0.2, 0) is 19.2 Å². The zero-order chi connectivity index (χ0) is 15.0. The summed E-state index contributed by atoms with van der Waals surface area (Å²) in [4.78, 5) is 0. The van der Waals surface area contributed by atoms with E-state index in [0.29, 0.717) is 0 Å². The summed E-state index contributed by atoms with van der Waals surface area (Å²) in [6, 6.07) is 0. The van der Waals surface area contributed by atoms with Crippen molar-refractivity contribution < 1.29 is 29.4 Å². The van der Waals surface area contributed by atoms with Crippen LogP contribution in [0.4, 0.5) is 0 Å². The van der Waals surface area contributed by atoms with Crippen LogP contribution >= 0.6 is 0 Å². The molecule has 0 bridgehead atoms. The molecular formula is C16H24O2Ti. The molecule has 0 amide bonds. The van der Waals surface area contributed by atoms with E-state index in [4.69, 9.17) is 10.2 Å². The first-order valence-corrected chi connectivity index (χ1v) is 7.98. The third-order valence-corrected chi connectivity index (χ3v) is 6.67. The minimum atomic E-state index is -0.0671. The van der Waals surface area contributed by atoms with Crippen molar-refractivity contribution in [3.05, 3.63) is 42.2 Å². The third kappa shape index (κ3) is 4.89. The topological polar surface area (TPSA) is 46.1 Å². The fourth-order valence-corrected chi connectivity index (χ4v) is 4.54. The molecule has 0 aromatic rings. The van der Waals surface area contributed by atoms with E-state index < -0.39 is 0 Å². The van der Waals surface area contributed by atoms with Gasteiger partial charge in [0, 0.05) is 0 Å². The van der Waals surface area contributed by atoms with Crippen molar-refractivity contribution in [3.8, 4) is 0 Å². The molecule has 0 fully saturated rings. The molecule has 0 unspecified atom stereocenters. The first kappa shape index (κ1) is 18.6. The molecule has 0 aromatic carbocycles. The van der Waals surface area contributed by atoms with Crippen molar-refractivity contribution in [3.63, 3.8) is 0 Å². The van der Waals surface area contributed by atoms with Gasteiger partial charge in [0.15, 0.2) is 0 Å². The Balaban J connectivity index is 0.000000741. The first-order chi connectivity index (χ1) is 9.09. The zero-order valence-corrected chi connectivity index (χ0v) is 14.4. The van der Waals surface area contributed by atoms with Crippen LogP contribution in [0.5, 0.6) is 0 Å². The van der Waals surface area contributed by atoms with Gasteiger partial charge < -0.3 is 10.2 Å². The zero-order valence-electron chi connectivity index (χ0n) is 12.9. The first-order valence-electron chi connectivity index (χ1n) is 6.42. The maximum Gasteiger partial charge on any atom is -0.153 e. The fourth-order valence-electron chi connectivity index (χ4n) is 2.23. The van der Waals surface area contributed by atoms with E-state index in [2.05, 4.69) is 39.8 Å². The molecule has 2 aliphatic carbocycles. The molecule has 19 heavy (non-hydrogen) atoms. The van der Waals surface area contributed by atoms with Crippen molar-refractivity contribution in [2.24, 2.45) is 0 Å². The van der Waals surface area contributed by atoms with Gasteiger partial charge >= 0.3 is 102 Å². The minimum absolute atomic E-state index is 0.0671. The van der Waals surface area contributed by atoms with E-state index in [1.807, 2.05) is 0 Å². The molecule has 0 atom stereocenters. The van der Waals surface area contributed by atoms with Crippen LogP contribution in [0, 0.1) is 0 Å². The molecule has 0 aliphatic heterocycles. The van der Waals surface area contributed by atoms with Gasteiger partial charge in [-0.15, -0.1) is 0 Å². The van der Waals surface area contributed by atoms with Crippen molar-refractivity contribution in [1.82, 2.24) is 0 Å². The molecule has 2 aliphatic rings. The van der Waals surface area contributed by atoms with Gasteiger partial charge in [0.2, 0.25) is 0 Å². The van der Waals surface area contributed by atoms with Crippen LogP contribution in [0.2, 0.25) is 0 Å².